The third-order valence-corrected chi connectivity index (χ3v) is 4.36. The number of nitrogen functional groups attached to an aromatic ring is 1. The molecule has 0 aliphatic carbocycles. The van der Waals surface area contributed by atoms with Gasteiger partial charge in [-0.2, -0.15) is 0 Å². The van der Waals surface area contributed by atoms with E-state index in [0.29, 0.717) is 36.2 Å². The van der Waals surface area contributed by atoms with E-state index in [0.717, 1.165) is 3.57 Å². The van der Waals surface area contributed by atoms with Crippen LogP contribution in [0.4, 0.5) is 11.4 Å². The summed E-state index contributed by atoms with van der Waals surface area (Å²) < 4.78 is 0.959. The van der Waals surface area contributed by atoms with Gasteiger partial charge >= 0.3 is 0 Å². The molecule has 132 valence electrons. The zero-order chi connectivity index (χ0) is 18.2. The van der Waals surface area contributed by atoms with Crippen molar-refractivity contribution in [2.75, 3.05) is 11.1 Å². The highest BCUT2D eigenvalue weighted by Gasteiger charge is 2.12. The average Bonchev–Trinajstić information content (AvgIpc) is 2.58. The first kappa shape index (κ1) is 19.3. The molecule has 1 amide bonds. The molecule has 0 aliphatic heterocycles. The van der Waals surface area contributed by atoms with Gasteiger partial charge in [-0.25, -0.2) is 0 Å². The Hall–Kier alpha value is -2.06. The van der Waals surface area contributed by atoms with Crippen LogP contribution in [-0.2, 0) is 4.79 Å². The number of aliphatic hydroxyl groups excluding tert-OH is 1. The number of halogens is 1. The molecule has 0 saturated carbocycles. The first-order chi connectivity index (χ1) is 12.0. The number of benzene rings is 2. The minimum Gasteiger partial charge on any atom is -0.508 e. The number of carbonyl (C=O) groups is 1. The van der Waals surface area contributed by atoms with Crippen LogP contribution < -0.4 is 11.1 Å². The van der Waals surface area contributed by atoms with Gasteiger partial charge in [0, 0.05) is 9.13 Å². The Morgan fingerprint density at radius 1 is 1.28 bits per heavy atom. The fourth-order valence-electron chi connectivity index (χ4n) is 2.35. The number of hydrogen-bond donors (Lipinski definition) is 4. The summed E-state index contributed by atoms with van der Waals surface area (Å²) in [5, 5.41) is 22.7. The van der Waals surface area contributed by atoms with E-state index >= 15 is 0 Å². The van der Waals surface area contributed by atoms with Crippen molar-refractivity contribution >= 4 is 39.9 Å². The van der Waals surface area contributed by atoms with E-state index in [-0.39, 0.29) is 11.7 Å². The summed E-state index contributed by atoms with van der Waals surface area (Å²) in [4.78, 5) is 11.8. The molecule has 0 fully saturated rings. The van der Waals surface area contributed by atoms with E-state index in [2.05, 4.69) is 27.9 Å². The number of allylic oxidation sites excluding steroid dienone is 1. The smallest absolute Gasteiger partial charge is 0.248 e. The summed E-state index contributed by atoms with van der Waals surface area (Å²) in [6.07, 6.45) is 4.35. The number of unbranched alkanes of at least 4 members (excludes halogenated alkanes) is 1. The highest BCUT2D eigenvalue weighted by Crippen LogP contribution is 2.29. The summed E-state index contributed by atoms with van der Waals surface area (Å²) in [5.41, 5.74) is 7.41. The Labute approximate surface area is 160 Å². The second kappa shape index (κ2) is 9.43. The van der Waals surface area contributed by atoms with Crippen molar-refractivity contribution in [2.45, 2.75) is 25.4 Å². The second-order valence-electron chi connectivity index (χ2n) is 5.63. The van der Waals surface area contributed by atoms with Gasteiger partial charge in [0.25, 0.3) is 0 Å². The monoisotopic (exact) mass is 452 g/mol. The van der Waals surface area contributed by atoms with E-state index in [4.69, 9.17) is 5.73 Å². The topological polar surface area (TPSA) is 95.6 Å². The maximum atomic E-state index is 11.8. The van der Waals surface area contributed by atoms with Gasteiger partial charge < -0.3 is 21.3 Å². The van der Waals surface area contributed by atoms with Crippen molar-refractivity contribution in [3.8, 4) is 5.75 Å². The third kappa shape index (κ3) is 6.06. The molecule has 6 heteroatoms. The van der Waals surface area contributed by atoms with Crippen molar-refractivity contribution in [3.05, 3.63) is 63.8 Å². The molecule has 0 aliphatic rings. The van der Waals surface area contributed by atoms with Crippen LogP contribution in [0, 0.1) is 3.57 Å². The van der Waals surface area contributed by atoms with E-state index in [1.54, 1.807) is 48.5 Å². The zero-order valence-corrected chi connectivity index (χ0v) is 15.8. The molecular formula is C19H21IN2O3. The predicted molar refractivity (Wildman–Crippen MR) is 108 cm³/mol. The number of hydrogen-bond acceptors (Lipinski definition) is 4. The molecule has 0 radical (unpaired) electrons. The Bertz CT molecular complexity index is 762. The van der Waals surface area contributed by atoms with E-state index in [1.807, 2.05) is 0 Å². The van der Waals surface area contributed by atoms with Gasteiger partial charge in [0.15, 0.2) is 0 Å². The number of rotatable bonds is 7. The van der Waals surface area contributed by atoms with Crippen molar-refractivity contribution in [1.29, 1.82) is 0 Å². The van der Waals surface area contributed by atoms with Gasteiger partial charge in [0.05, 0.1) is 17.5 Å². The zero-order valence-electron chi connectivity index (χ0n) is 13.7. The number of nitrogens with two attached hydrogens (primary N) is 1. The van der Waals surface area contributed by atoms with Crippen LogP contribution in [0.1, 0.15) is 30.9 Å². The fourth-order valence-corrected chi connectivity index (χ4v) is 2.87. The van der Waals surface area contributed by atoms with E-state index in [9.17, 15) is 15.0 Å². The molecule has 0 spiro atoms. The molecule has 0 heterocycles. The summed E-state index contributed by atoms with van der Waals surface area (Å²) in [5.74, 6) is -0.142. The van der Waals surface area contributed by atoms with Gasteiger partial charge in [0.1, 0.15) is 5.75 Å². The lowest BCUT2D eigenvalue weighted by Crippen LogP contribution is -2.09. The first-order valence-corrected chi connectivity index (χ1v) is 9.03. The van der Waals surface area contributed by atoms with Gasteiger partial charge in [-0.15, -0.1) is 0 Å². The number of carbonyl (C=O) groups excluding carboxylic acids is 1. The third-order valence-electron chi connectivity index (χ3n) is 3.68. The molecular weight excluding hydrogens is 431 g/mol. The number of phenolic OH excluding ortho intramolecular Hbond substituents is 1. The SMILES string of the molecule is Nc1ccccc1NC(=O)/C=C/CCC[C@@H](O)c1cc(I)ccc1O. The molecule has 0 saturated heterocycles. The van der Waals surface area contributed by atoms with Crippen molar-refractivity contribution < 1.29 is 15.0 Å². The summed E-state index contributed by atoms with van der Waals surface area (Å²) in [6.45, 7) is 0. The first-order valence-electron chi connectivity index (χ1n) is 7.96. The van der Waals surface area contributed by atoms with E-state index < -0.39 is 6.10 Å². The average molecular weight is 452 g/mol. The molecule has 5 N–H and O–H groups in total. The highest BCUT2D eigenvalue weighted by molar-refractivity contribution is 14.1. The number of phenols is 1. The number of nitrogens with one attached hydrogen (secondary N) is 1. The fraction of sp³-hybridized carbons (Fsp3) is 0.211. The molecule has 5 nitrogen and oxygen atoms in total. The quantitative estimate of drug-likeness (QED) is 0.221. The number of anilines is 2. The molecule has 0 unspecified atom stereocenters. The van der Waals surface area contributed by atoms with Crippen LogP contribution in [0.15, 0.2) is 54.6 Å². The van der Waals surface area contributed by atoms with Crippen LogP contribution in [0.25, 0.3) is 0 Å². The lowest BCUT2D eigenvalue weighted by Gasteiger charge is -2.12. The molecule has 2 rings (SSSR count). The molecule has 1 atom stereocenters. The highest BCUT2D eigenvalue weighted by atomic mass is 127. The summed E-state index contributed by atoms with van der Waals surface area (Å²) >= 11 is 2.14. The van der Waals surface area contributed by atoms with Crippen LogP contribution >= 0.6 is 22.6 Å². The summed E-state index contributed by atoms with van der Waals surface area (Å²) in [7, 11) is 0. The lowest BCUT2D eigenvalue weighted by molar-refractivity contribution is -0.111. The maximum absolute atomic E-state index is 11.8. The minimum absolute atomic E-state index is 0.100. The Kier molecular flexibility index (Phi) is 7.27. The molecule has 0 aromatic heterocycles. The summed E-state index contributed by atoms with van der Waals surface area (Å²) in [6, 6.07) is 12.2. The van der Waals surface area contributed by atoms with Gasteiger partial charge in [-0.1, -0.05) is 18.2 Å². The Morgan fingerprint density at radius 2 is 2.04 bits per heavy atom. The number of para-hydroxylation sites is 2. The standard InChI is InChI=1S/C19H21IN2O3/c20-13-10-11-18(24)14(12-13)17(23)8-2-1-3-9-19(25)22-16-7-5-4-6-15(16)21/h3-7,9-12,17,23-24H,1-2,8,21H2,(H,22,25)/b9-3+/t17-/m1/s1. The Morgan fingerprint density at radius 3 is 2.80 bits per heavy atom. The van der Waals surface area contributed by atoms with Gasteiger partial charge in [-0.3, -0.25) is 4.79 Å². The minimum atomic E-state index is -0.721. The van der Waals surface area contributed by atoms with Crippen LogP contribution in [0.2, 0.25) is 0 Å². The Balaban J connectivity index is 1.76. The van der Waals surface area contributed by atoms with Gasteiger partial charge in [-0.05, 0) is 78.3 Å². The number of aromatic hydroxyl groups is 1. The van der Waals surface area contributed by atoms with Crippen molar-refractivity contribution in [2.24, 2.45) is 0 Å². The van der Waals surface area contributed by atoms with Crippen LogP contribution in [-0.4, -0.2) is 16.1 Å². The molecule has 25 heavy (non-hydrogen) atoms. The normalized spacial score (nSPS) is 12.2. The molecule has 2 aromatic carbocycles. The maximum Gasteiger partial charge on any atom is 0.248 e. The largest absolute Gasteiger partial charge is 0.508 e. The molecule has 2 aromatic rings. The van der Waals surface area contributed by atoms with Crippen molar-refractivity contribution in [3.63, 3.8) is 0 Å². The van der Waals surface area contributed by atoms with Gasteiger partial charge in [0.2, 0.25) is 5.91 Å². The van der Waals surface area contributed by atoms with E-state index in [1.165, 1.54) is 6.08 Å². The predicted octanol–water partition coefficient (Wildman–Crippen LogP) is 3.98. The number of aliphatic hydroxyl groups is 1. The lowest BCUT2D eigenvalue weighted by atomic mass is 10.0. The van der Waals surface area contributed by atoms with Crippen LogP contribution in [0.3, 0.4) is 0 Å². The molecule has 0 bridgehead atoms. The van der Waals surface area contributed by atoms with Crippen molar-refractivity contribution in [1.82, 2.24) is 0 Å². The van der Waals surface area contributed by atoms with Crippen LogP contribution in [0.5, 0.6) is 5.75 Å². The number of amides is 1. The second-order valence-corrected chi connectivity index (χ2v) is 6.87.